The van der Waals surface area contributed by atoms with Gasteiger partial charge in [-0.1, -0.05) is 37.1 Å². The predicted octanol–water partition coefficient (Wildman–Crippen LogP) is 5.90. The van der Waals surface area contributed by atoms with E-state index in [1.54, 1.807) is 5.57 Å². The van der Waals surface area contributed by atoms with Gasteiger partial charge >= 0.3 is 0 Å². The van der Waals surface area contributed by atoms with Gasteiger partial charge in [0.05, 0.1) is 0 Å². The molecule has 0 aromatic carbocycles. The molecule has 3 saturated carbocycles. The van der Waals surface area contributed by atoms with Crippen molar-refractivity contribution in [2.24, 2.45) is 29.1 Å². The lowest BCUT2D eigenvalue weighted by atomic mass is 9.50. The Kier molecular flexibility index (Phi) is 3.13. The Hall–Kier alpha value is -0.520. The summed E-state index contributed by atoms with van der Waals surface area (Å²) in [6, 6.07) is 0. The van der Waals surface area contributed by atoms with Gasteiger partial charge in [-0.25, -0.2) is 0 Å². The molecule has 4 aliphatic carbocycles. The Balaban J connectivity index is 1.69. The third-order valence-electron chi connectivity index (χ3n) is 7.51. The van der Waals surface area contributed by atoms with E-state index in [0.717, 1.165) is 23.7 Å². The summed E-state index contributed by atoms with van der Waals surface area (Å²) in [5, 5.41) is 0. The van der Waals surface area contributed by atoms with Crippen LogP contribution in [0.2, 0.25) is 0 Å². The minimum Gasteiger partial charge on any atom is -0.0995 e. The van der Waals surface area contributed by atoms with E-state index in [1.807, 2.05) is 5.57 Å². The fourth-order valence-electron chi connectivity index (χ4n) is 6.70. The van der Waals surface area contributed by atoms with Gasteiger partial charge in [0, 0.05) is 0 Å². The van der Waals surface area contributed by atoms with Gasteiger partial charge in [-0.2, -0.15) is 0 Å². The zero-order valence-corrected chi connectivity index (χ0v) is 13.2. The van der Waals surface area contributed by atoms with Crippen molar-refractivity contribution in [3.05, 3.63) is 23.8 Å². The molecule has 4 rings (SSSR count). The molecule has 3 fully saturated rings. The van der Waals surface area contributed by atoms with Crippen LogP contribution < -0.4 is 0 Å². The van der Waals surface area contributed by atoms with E-state index in [1.165, 1.54) is 64.2 Å². The highest BCUT2D eigenvalue weighted by atomic mass is 14.6. The molecule has 4 aliphatic rings. The first kappa shape index (κ1) is 13.2. The fraction of sp³-hybridized carbons (Fsp3) is 0.800. The number of hydrogen-bond acceptors (Lipinski definition) is 0. The van der Waals surface area contributed by atoms with Gasteiger partial charge in [0.1, 0.15) is 0 Å². The monoisotopic (exact) mass is 270 g/mol. The van der Waals surface area contributed by atoms with E-state index >= 15 is 0 Å². The molecule has 0 saturated heterocycles. The number of fused-ring (bicyclic) bond motifs is 5. The molecule has 5 atom stereocenters. The van der Waals surface area contributed by atoms with E-state index in [-0.39, 0.29) is 0 Å². The first-order valence-corrected chi connectivity index (χ1v) is 9.12. The topological polar surface area (TPSA) is 0 Å². The summed E-state index contributed by atoms with van der Waals surface area (Å²) in [6.45, 7) is 7.06. The van der Waals surface area contributed by atoms with Crippen molar-refractivity contribution in [1.82, 2.24) is 0 Å². The number of hydrogen-bond donors (Lipinski definition) is 0. The Morgan fingerprint density at radius 1 is 1.25 bits per heavy atom. The van der Waals surface area contributed by atoms with Crippen LogP contribution in [0.1, 0.15) is 71.1 Å². The third-order valence-corrected chi connectivity index (χ3v) is 7.51. The smallest absolute Gasteiger partial charge is 0.0109 e. The van der Waals surface area contributed by atoms with E-state index in [4.69, 9.17) is 0 Å². The van der Waals surface area contributed by atoms with Crippen LogP contribution in [0.15, 0.2) is 23.8 Å². The molecule has 0 radical (unpaired) electrons. The quantitative estimate of drug-likeness (QED) is 0.521. The summed E-state index contributed by atoms with van der Waals surface area (Å²) in [5.41, 5.74) is 4.13. The largest absolute Gasteiger partial charge is 0.0995 e. The van der Waals surface area contributed by atoms with Crippen molar-refractivity contribution in [3.8, 4) is 0 Å². The molecule has 1 unspecified atom stereocenters. The molecule has 0 aromatic heterocycles. The molecule has 0 heteroatoms. The van der Waals surface area contributed by atoms with Gasteiger partial charge in [0.25, 0.3) is 0 Å². The highest BCUT2D eigenvalue weighted by Gasteiger charge is 2.54. The van der Waals surface area contributed by atoms with Crippen molar-refractivity contribution >= 4 is 0 Å². The fourth-order valence-corrected chi connectivity index (χ4v) is 6.70. The van der Waals surface area contributed by atoms with Crippen molar-refractivity contribution in [2.45, 2.75) is 71.1 Å². The second-order valence-electron chi connectivity index (χ2n) is 8.09. The maximum absolute atomic E-state index is 4.62. The second kappa shape index (κ2) is 4.75. The van der Waals surface area contributed by atoms with E-state index in [0.29, 0.717) is 5.41 Å². The third kappa shape index (κ3) is 1.72. The van der Waals surface area contributed by atoms with Gasteiger partial charge in [0.15, 0.2) is 0 Å². The minimum atomic E-state index is 0.661. The highest BCUT2D eigenvalue weighted by Crippen LogP contribution is 2.64. The Morgan fingerprint density at radius 2 is 2.15 bits per heavy atom. The Labute approximate surface area is 124 Å². The first-order valence-electron chi connectivity index (χ1n) is 9.12. The molecule has 0 spiro atoms. The minimum absolute atomic E-state index is 0.661. The zero-order valence-electron chi connectivity index (χ0n) is 13.2. The lowest BCUT2D eigenvalue weighted by Crippen LogP contribution is -2.46. The van der Waals surface area contributed by atoms with Crippen LogP contribution in [0.4, 0.5) is 0 Å². The van der Waals surface area contributed by atoms with Crippen molar-refractivity contribution < 1.29 is 0 Å². The van der Waals surface area contributed by atoms with E-state index in [9.17, 15) is 0 Å². The van der Waals surface area contributed by atoms with Crippen LogP contribution in [0.5, 0.6) is 0 Å². The maximum atomic E-state index is 4.62. The van der Waals surface area contributed by atoms with E-state index in [2.05, 4.69) is 19.6 Å². The molecule has 110 valence electrons. The lowest BCUT2D eigenvalue weighted by Gasteiger charge is -2.54. The molecular formula is C20H30. The molecule has 0 aliphatic heterocycles. The van der Waals surface area contributed by atoms with Crippen LogP contribution in [0, 0.1) is 29.1 Å². The van der Waals surface area contributed by atoms with Gasteiger partial charge in [0.2, 0.25) is 0 Å². The maximum Gasteiger partial charge on any atom is -0.0109 e. The molecule has 0 N–H and O–H groups in total. The second-order valence-corrected chi connectivity index (χ2v) is 8.09. The number of allylic oxidation sites excluding steroid dienone is 3. The van der Waals surface area contributed by atoms with Crippen LogP contribution in [-0.4, -0.2) is 0 Å². The van der Waals surface area contributed by atoms with Crippen molar-refractivity contribution in [1.29, 1.82) is 0 Å². The summed E-state index contributed by atoms with van der Waals surface area (Å²) in [7, 11) is 0. The van der Waals surface area contributed by atoms with Crippen LogP contribution in [0.3, 0.4) is 0 Å². The van der Waals surface area contributed by atoms with Gasteiger partial charge in [-0.05, 0) is 86.9 Å². The molecule has 20 heavy (non-hydrogen) atoms. The molecule has 0 aromatic rings. The van der Waals surface area contributed by atoms with Crippen LogP contribution in [0.25, 0.3) is 0 Å². The Morgan fingerprint density at radius 3 is 3.00 bits per heavy atom. The van der Waals surface area contributed by atoms with Gasteiger partial charge in [-0.15, -0.1) is 0 Å². The van der Waals surface area contributed by atoms with Crippen molar-refractivity contribution in [2.75, 3.05) is 0 Å². The predicted molar refractivity (Wildman–Crippen MR) is 85.5 cm³/mol. The normalized spacial score (nSPS) is 47.2. The van der Waals surface area contributed by atoms with E-state index < -0.39 is 0 Å². The SMILES string of the molecule is C=C1CC2(CC)CCC[C@H]2[C@@H]2CCC3=CCCC[C@@H]3[C@@H]12. The summed E-state index contributed by atoms with van der Waals surface area (Å²) >= 11 is 0. The number of rotatable bonds is 1. The summed E-state index contributed by atoms with van der Waals surface area (Å²) in [6.07, 6.45) is 17.0. The van der Waals surface area contributed by atoms with Gasteiger partial charge in [-0.3, -0.25) is 0 Å². The molecule has 0 heterocycles. The summed E-state index contributed by atoms with van der Waals surface area (Å²) < 4.78 is 0. The van der Waals surface area contributed by atoms with Crippen molar-refractivity contribution in [3.63, 3.8) is 0 Å². The zero-order chi connectivity index (χ0) is 13.7. The average molecular weight is 270 g/mol. The standard InChI is InChI=1S/C20H30/c1-3-20-12-6-9-18(20)17-11-10-15-7-4-5-8-16(15)19(17)14(2)13-20/h7,16-19H,2-6,8-13H2,1H3/t16-,17-,18-,19+,20?/m0/s1. The Bertz CT molecular complexity index is 443. The average Bonchev–Trinajstić information content (AvgIpc) is 2.91. The molecule has 0 bridgehead atoms. The highest BCUT2D eigenvalue weighted by molar-refractivity contribution is 5.26. The summed E-state index contributed by atoms with van der Waals surface area (Å²) in [5.74, 6) is 3.77. The molecular weight excluding hydrogens is 240 g/mol. The molecule has 0 nitrogen and oxygen atoms in total. The lowest BCUT2D eigenvalue weighted by molar-refractivity contribution is 0.0241. The van der Waals surface area contributed by atoms with Crippen LogP contribution in [-0.2, 0) is 0 Å². The summed E-state index contributed by atoms with van der Waals surface area (Å²) in [4.78, 5) is 0. The first-order chi connectivity index (χ1) is 9.75. The van der Waals surface area contributed by atoms with Crippen LogP contribution >= 0.6 is 0 Å². The van der Waals surface area contributed by atoms with Gasteiger partial charge < -0.3 is 0 Å². The molecule has 0 amide bonds.